The van der Waals surface area contributed by atoms with E-state index >= 15 is 0 Å². The minimum atomic E-state index is -1.03. The summed E-state index contributed by atoms with van der Waals surface area (Å²) in [4.78, 5) is 22.5. The van der Waals surface area contributed by atoms with Crippen molar-refractivity contribution in [3.05, 3.63) is 0 Å². The lowest BCUT2D eigenvalue weighted by Crippen LogP contribution is -2.49. The molecule has 1 N–H and O–H groups in total. The van der Waals surface area contributed by atoms with Gasteiger partial charge in [-0.3, -0.25) is 4.79 Å². The lowest BCUT2D eigenvalue weighted by atomic mass is 10.0. The molecule has 174 valence electrons. The van der Waals surface area contributed by atoms with Gasteiger partial charge in [0.25, 0.3) is 0 Å². The number of carboxylic acid groups (broad SMARTS) is 1. The predicted molar refractivity (Wildman–Crippen MR) is 125 cm³/mol. The molecule has 0 unspecified atom stereocenters. The summed E-state index contributed by atoms with van der Waals surface area (Å²) in [6.07, 6.45) is 18.4. The van der Waals surface area contributed by atoms with Crippen molar-refractivity contribution in [3.63, 3.8) is 0 Å². The Morgan fingerprint density at radius 3 is 1.66 bits per heavy atom. The minimum Gasteiger partial charge on any atom is -0.544 e. The highest BCUT2D eigenvalue weighted by molar-refractivity contribution is 8.93. The highest BCUT2D eigenvalue weighted by Gasteiger charge is 2.14. The number of likely N-dealkylation sites (N-methyl/N-ethyl adjacent to an activating group) is 1. The summed E-state index contributed by atoms with van der Waals surface area (Å²) in [5.74, 6) is -0.912. The Labute approximate surface area is 190 Å². The van der Waals surface area contributed by atoms with E-state index in [0.717, 1.165) is 19.3 Å². The van der Waals surface area contributed by atoms with E-state index in [1.54, 1.807) is 0 Å². The molecule has 0 bridgehead atoms. The lowest BCUT2D eigenvalue weighted by molar-refractivity contribution is -0.884. The van der Waals surface area contributed by atoms with Gasteiger partial charge >= 0.3 is 0 Å². The molecule has 0 fully saturated rings. The van der Waals surface area contributed by atoms with Crippen molar-refractivity contribution in [3.8, 4) is 0 Å². The minimum absolute atomic E-state index is 0. The first-order valence-electron chi connectivity index (χ1n) is 11.7. The third kappa shape index (κ3) is 23.5. The molecule has 1 amide bonds. The summed E-state index contributed by atoms with van der Waals surface area (Å²) >= 11 is 0. The summed E-state index contributed by atoms with van der Waals surface area (Å²) in [6, 6.07) is 0. The highest BCUT2D eigenvalue weighted by atomic mass is 79.9. The average Bonchev–Trinajstić information content (AvgIpc) is 2.61. The summed E-state index contributed by atoms with van der Waals surface area (Å²) in [7, 11) is 3.73. The fourth-order valence-corrected chi connectivity index (χ4v) is 3.56. The molecular weight excluding hydrogens is 432 g/mol. The van der Waals surface area contributed by atoms with Gasteiger partial charge in [-0.25, -0.2) is 0 Å². The molecule has 5 nitrogen and oxygen atoms in total. The van der Waals surface area contributed by atoms with Crippen molar-refractivity contribution in [1.82, 2.24) is 5.32 Å². The second-order valence-electron chi connectivity index (χ2n) is 8.89. The van der Waals surface area contributed by atoms with E-state index in [1.807, 2.05) is 14.1 Å². The maximum atomic E-state index is 11.8. The van der Waals surface area contributed by atoms with Crippen molar-refractivity contribution in [2.75, 3.05) is 33.7 Å². The molecule has 0 aromatic carbocycles. The number of rotatable bonds is 20. The second kappa shape index (κ2) is 20.6. The first kappa shape index (κ1) is 30.6. The number of unbranched alkanes of at least 4 members (excludes halogenated alkanes) is 12. The number of hydrogen-bond acceptors (Lipinski definition) is 3. The van der Waals surface area contributed by atoms with Crippen LogP contribution in [0.2, 0.25) is 0 Å². The first-order valence-corrected chi connectivity index (χ1v) is 11.7. The van der Waals surface area contributed by atoms with E-state index < -0.39 is 5.97 Å². The molecule has 0 radical (unpaired) electrons. The molecule has 0 saturated carbocycles. The normalized spacial score (nSPS) is 11.1. The fraction of sp³-hybridized carbons (Fsp3) is 0.913. The van der Waals surface area contributed by atoms with Crippen LogP contribution >= 0.6 is 17.0 Å². The van der Waals surface area contributed by atoms with Crippen LogP contribution in [-0.2, 0) is 9.59 Å². The molecule has 6 heteroatoms. The summed E-state index contributed by atoms with van der Waals surface area (Å²) in [5.41, 5.74) is 0. The molecule has 0 spiro atoms. The van der Waals surface area contributed by atoms with E-state index in [9.17, 15) is 14.7 Å². The predicted octanol–water partition coefficient (Wildman–Crippen LogP) is 4.38. The standard InChI is InChI=1S/C23H46N2O3.BrH/c1-4-5-6-7-8-9-10-11-12-13-14-15-16-18-22(26)24-19-17-20-25(2,3)21-23(27)28;/h4-21H2,1-3H3,(H-,24,26,27,28);1H. The molecular formula is C23H47BrN2O3. The van der Waals surface area contributed by atoms with Crippen LogP contribution in [-0.4, -0.2) is 50.1 Å². The van der Waals surface area contributed by atoms with E-state index in [1.165, 1.54) is 70.6 Å². The Kier molecular flexibility index (Phi) is 21.8. The van der Waals surface area contributed by atoms with Crippen LogP contribution in [0, 0.1) is 0 Å². The van der Waals surface area contributed by atoms with Crippen LogP contribution in [0.3, 0.4) is 0 Å². The number of carbonyl (C=O) groups is 2. The number of nitrogens with zero attached hydrogens (tertiary/aromatic N) is 1. The number of aliphatic carboxylic acids is 1. The van der Waals surface area contributed by atoms with Crippen LogP contribution in [0.5, 0.6) is 0 Å². The molecule has 0 aromatic heterocycles. The summed E-state index contributed by atoms with van der Waals surface area (Å²) in [5, 5.41) is 13.6. The van der Waals surface area contributed by atoms with E-state index in [0.29, 0.717) is 24.0 Å². The average molecular weight is 480 g/mol. The van der Waals surface area contributed by atoms with Gasteiger partial charge in [0.15, 0.2) is 0 Å². The number of carboxylic acids is 1. The van der Waals surface area contributed by atoms with Crippen LogP contribution < -0.4 is 10.4 Å². The number of halogens is 1. The van der Waals surface area contributed by atoms with Crippen LogP contribution in [0.15, 0.2) is 0 Å². The number of quaternary nitrogens is 1. The van der Waals surface area contributed by atoms with Gasteiger partial charge in [0.2, 0.25) is 5.91 Å². The Hall–Kier alpha value is -0.620. The Morgan fingerprint density at radius 2 is 1.21 bits per heavy atom. The van der Waals surface area contributed by atoms with Gasteiger partial charge < -0.3 is 19.7 Å². The maximum Gasteiger partial charge on any atom is 0.219 e. The molecule has 0 atom stereocenters. The van der Waals surface area contributed by atoms with Gasteiger partial charge in [-0.1, -0.05) is 84.0 Å². The molecule has 0 aliphatic carbocycles. The number of carbonyl (C=O) groups excluding carboxylic acids is 2. The van der Waals surface area contributed by atoms with Gasteiger partial charge in [0.1, 0.15) is 6.54 Å². The van der Waals surface area contributed by atoms with Gasteiger partial charge in [-0.05, 0) is 6.42 Å². The quantitative estimate of drug-likeness (QED) is 0.208. The topological polar surface area (TPSA) is 69.2 Å². The van der Waals surface area contributed by atoms with Crippen molar-refractivity contribution in [1.29, 1.82) is 0 Å². The monoisotopic (exact) mass is 478 g/mol. The smallest absolute Gasteiger partial charge is 0.219 e. The van der Waals surface area contributed by atoms with Crippen LogP contribution in [0.25, 0.3) is 0 Å². The van der Waals surface area contributed by atoms with Crippen molar-refractivity contribution < 1.29 is 19.2 Å². The van der Waals surface area contributed by atoms with Gasteiger partial charge in [0.05, 0.1) is 26.6 Å². The Morgan fingerprint density at radius 1 is 0.759 bits per heavy atom. The largest absolute Gasteiger partial charge is 0.544 e. The summed E-state index contributed by atoms with van der Waals surface area (Å²) < 4.78 is 0.386. The van der Waals surface area contributed by atoms with Crippen LogP contribution in [0.4, 0.5) is 0 Å². The highest BCUT2D eigenvalue weighted by Crippen LogP contribution is 2.12. The van der Waals surface area contributed by atoms with E-state index in [4.69, 9.17) is 0 Å². The molecule has 0 heterocycles. The Bertz CT molecular complexity index is 404. The van der Waals surface area contributed by atoms with Crippen molar-refractivity contribution in [2.24, 2.45) is 0 Å². The molecule has 0 aliphatic heterocycles. The third-order valence-corrected chi connectivity index (χ3v) is 5.33. The van der Waals surface area contributed by atoms with Gasteiger partial charge in [-0.2, -0.15) is 0 Å². The van der Waals surface area contributed by atoms with Crippen molar-refractivity contribution >= 4 is 28.9 Å². The van der Waals surface area contributed by atoms with E-state index in [2.05, 4.69) is 12.2 Å². The molecule has 0 aromatic rings. The number of amides is 1. The molecule has 0 aliphatic rings. The SMILES string of the molecule is Br.CCCCCCCCCCCCCCCC(=O)NCCC[N+](C)(C)CC(=O)[O-]. The zero-order chi connectivity index (χ0) is 21.1. The number of hydrogen-bond donors (Lipinski definition) is 1. The summed E-state index contributed by atoms with van der Waals surface area (Å²) in [6.45, 7) is 3.60. The molecule has 29 heavy (non-hydrogen) atoms. The molecule has 0 rings (SSSR count). The van der Waals surface area contributed by atoms with E-state index in [-0.39, 0.29) is 29.4 Å². The first-order chi connectivity index (χ1) is 13.4. The number of nitrogens with one attached hydrogen (secondary N) is 1. The maximum absolute atomic E-state index is 11.8. The van der Waals surface area contributed by atoms with Crippen molar-refractivity contribution in [2.45, 2.75) is 103 Å². The van der Waals surface area contributed by atoms with Gasteiger partial charge in [-0.15, -0.1) is 17.0 Å². The van der Waals surface area contributed by atoms with Crippen LogP contribution in [0.1, 0.15) is 103 Å². The third-order valence-electron chi connectivity index (χ3n) is 5.33. The fourth-order valence-electron chi connectivity index (χ4n) is 3.56. The second-order valence-corrected chi connectivity index (χ2v) is 8.89. The zero-order valence-electron chi connectivity index (χ0n) is 19.3. The lowest BCUT2D eigenvalue weighted by Gasteiger charge is -2.30. The van der Waals surface area contributed by atoms with Gasteiger partial charge in [0, 0.05) is 19.4 Å². The molecule has 0 saturated heterocycles. The zero-order valence-corrected chi connectivity index (χ0v) is 21.0. The Balaban J connectivity index is 0.